The summed E-state index contributed by atoms with van der Waals surface area (Å²) in [5, 5.41) is 21.5. The van der Waals surface area contributed by atoms with Gasteiger partial charge < -0.3 is 14.9 Å². The first-order chi connectivity index (χ1) is 14.9. The van der Waals surface area contributed by atoms with Crippen LogP contribution in [0.25, 0.3) is 10.9 Å². The van der Waals surface area contributed by atoms with Gasteiger partial charge in [-0.2, -0.15) is 0 Å². The average molecular weight is 420 g/mol. The van der Waals surface area contributed by atoms with E-state index >= 15 is 0 Å². The van der Waals surface area contributed by atoms with Crippen molar-refractivity contribution in [2.45, 2.75) is 40.2 Å². The number of phenols is 1. The van der Waals surface area contributed by atoms with Crippen LogP contribution in [-0.2, 0) is 6.54 Å². The average Bonchev–Trinajstić information content (AvgIpc) is 2.74. The topological polar surface area (TPSA) is 71.7 Å². The Labute approximate surface area is 182 Å². The zero-order valence-electron chi connectivity index (χ0n) is 18.3. The van der Waals surface area contributed by atoms with Crippen LogP contribution in [0.15, 0.2) is 76.6 Å². The zero-order chi connectivity index (χ0) is 22.4. The number of nitrogens with zero attached hydrogens (tertiary/aromatic N) is 1. The van der Waals surface area contributed by atoms with Crippen molar-refractivity contribution in [1.82, 2.24) is 4.57 Å². The van der Waals surface area contributed by atoms with E-state index in [1.807, 2.05) is 43.3 Å². The predicted molar refractivity (Wildman–Crippen MR) is 125 cm³/mol. The number of allylic oxidation sites excluding steroid dienone is 3. The van der Waals surface area contributed by atoms with Crippen LogP contribution < -0.4 is 10.3 Å². The predicted octanol–water partition coefficient (Wildman–Crippen LogP) is 5.53. The molecule has 0 aliphatic rings. The quantitative estimate of drug-likeness (QED) is 0.471. The summed E-state index contributed by atoms with van der Waals surface area (Å²) in [6.07, 6.45) is 5.97. The Bertz CT molecular complexity index is 1170. The lowest BCUT2D eigenvalue weighted by molar-refractivity contribution is 0.329. The molecule has 0 saturated heterocycles. The van der Waals surface area contributed by atoms with E-state index in [0.29, 0.717) is 5.39 Å². The van der Waals surface area contributed by atoms with Gasteiger partial charge in [0.1, 0.15) is 12.4 Å². The third kappa shape index (κ3) is 5.37. The third-order valence-electron chi connectivity index (χ3n) is 5.13. The molecule has 3 aromatic rings. The minimum absolute atomic E-state index is 0.0672. The molecular weight excluding hydrogens is 390 g/mol. The zero-order valence-corrected chi connectivity index (χ0v) is 18.3. The summed E-state index contributed by atoms with van der Waals surface area (Å²) in [4.78, 5) is 13.2. The summed E-state index contributed by atoms with van der Waals surface area (Å²) in [7, 11) is 0. The number of rotatable bonds is 8. The number of fused-ring (bicyclic) bond motifs is 1. The smallest absolute Gasteiger partial charge is 0.297 e. The molecule has 1 heterocycles. The molecule has 0 saturated carbocycles. The van der Waals surface area contributed by atoms with Crippen molar-refractivity contribution in [3.05, 3.63) is 87.7 Å². The molecule has 0 aliphatic heterocycles. The molecule has 2 aromatic carbocycles. The second-order valence-electron chi connectivity index (χ2n) is 7.91. The lowest BCUT2D eigenvalue weighted by atomic mass is 10.1. The number of phenolic OH excluding ortho intramolecular Hbond substituents is 1. The van der Waals surface area contributed by atoms with Gasteiger partial charge in [0, 0.05) is 5.39 Å². The van der Waals surface area contributed by atoms with Crippen molar-refractivity contribution >= 4 is 10.9 Å². The highest BCUT2D eigenvalue weighted by atomic mass is 16.5. The van der Waals surface area contributed by atoms with Crippen molar-refractivity contribution in [3.63, 3.8) is 0 Å². The molecule has 0 unspecified atom stereocenters. The van der Waals surface area contributed by atoms with Crippen molar-refractivity contribution in [2.75, 3.05) is 6.61 Å². The summed E-state index contributed by atoms with van der Waals surface area (Å²) in [6, 6.07) is 14.3. The van der Waals surface area contributed by atoms with E-state index in [4.69, 9.17) is 4.74 Å². The second kappa shape index (κ2) is 10.0. The van der Waals surface area contributed by atoms with Crippen molar-refractivity contribution in [3.8, 4) is 17.2 Å². The fourth-order valence-corrected chi connectivity index (χ4v) is 3.46. The van der Waals surface area contributed by atoms with Crippen LogP contribution in [0.3, 0.4) is 0 Å². The third-order valence-corrected chi connectivity index (χ3v) is 5.13. The minimum Gasteiger partial charge on any atom is -0.506 e. The van der Waals surface area contributed by atoms with Crippen LogP contribution in [0.2, 0.25) is 0 Å². The van der Waals surface area contributed by atoms with E-state index in [9.17, 15) is 15.0 Å². The van der Waals surface area contributed by atoms with Gasteiger partial charge in [-0.1, -0.05) is 53.6 Å². The molecular formula is C26H29NO4. The second-order valence-corrected chi connectivity index (χ2v) is 7.91. The Morgan fingerprint density at radius 3 is 2.45 bits per heavy atom. The SMILES string of the molecule is CC(C)=CCCC(C)=CCOc1c(O)c2cccc(O)c2n(Cc2ccccc2)c1=O. The van der Waals surface area contributed by atoms with Gasteiger partial charge >= 0.3 is 0 Å². The van der Waals surface area contributed by atoms with Gasteiger partial charge in [0.15, 0.2) is 5.75 Å². The van der Waals surface area contributed by atoms with E-state index in [1.165, 1.54) is 16.2 Å². The van der Waals surface area contributed by atoms with Gasteiger partial charge in [-0.25, -0.2) is 0 Å². The Balaban J connectivity index is 1.95. The molecule has 5 heteroatoms. The first kappa shape index (κ1) is 22.2. The van der Waals surface area contributed by atoms with Crippen molar-refractivity contribution in [2.24, 2.45) is 0 Å². The number of aromatic hydroxyl groups is 2. The van der Waals surface area contributed by atoms with Crippen molar-refractivity contribution in [1.29, 1.82) is 0 Å². The highest BCUT2D eigenvalue weighted by Gasteiger charge is 2.19. The number of para-hydroxylation sites is 1. The lowest BCUT2D eigenvalue weighted by Crippen LogP contribution is -2.23. The molecule has 5 nitrogen and oxygen atoms in total. The molecule has 1 aromatic heterocycles. The van der Waals surface area contributed by atoms with Gasteiger partial charge in [0.05, 0.1) is 12.1 Å². The van der Waals surface area contributed by atoms with Gasteiger partial charge in [-0.15, -0.1) is 0 Å². The highest BCUT2D eigenvalue weighted by Crippen LogP contribution is 2.35. The Hall–Kier alpha value is -3.47. The summed E-state index contributed by atoms with van der Waals surface area (Å²) in [5.74, 6) is -0.430. The standard InChI is InChI=1S/C26H29NO4/c1-18(2)9-7-10-19(3)15-16-31-25-24(29)21-13-8-14-22(28)23(21)27(26(25)30)17-20-11-5-4-6-12-20/h4-6,8-9,11-15,28-29H,7,10,16-17H2,1-3H3. The number of benzene rings is 2. The molecule has 3 rings (SSSR count). The Kier molecular flexibility index (Phi) is 7.19. The van der Waals surface area contributed by atoms with Crippen LogP contribution in [0.1, 0.15) is 39.2 Å². The van der Waals surface area contributed by atoms with Crippen LogP contribution in [0.5, 0.6) is 17.2 Å². The van der Waals surface area contributed by atoms with E-state index in [0.717, 1.165) is 24.0 Å². The van der Waals surface area contributed by atoms with Crippen LogP contribution >= 0.6 is 0 Å². The first-order valence-corrected chi connectivity index (χ1v) is 10.4. The highest BCUT2D eigenvalue weighted by molar-refractivity contribution is 5.91. The van der Waals surface area contributed by atoms with Crippen molar-refractivity contribution < 1.29 is 14.9 Å². The summed E-state index contributed by atoms with van der Waals surface area (Å²) >= 11 is 0. The maximum Gasteiger partial charge on any atom is 0.297 e. The Morgan fingerprint density at radius 1 is 1.00 bits per heavy atom. The van der Waals surface area contributed by atoms with Crippen LogP contribution in [0.4, 0.5) is 0 Å². The monoisotopic (exact) mass is 419 g/mol. The number of ether oxygens (including phenoxy) is 1. The fraction of sp³-hybridized carbons (Fsp3) is 0.269. The molecule has 2 N–H and O–H groups in total. The molecule has 0 radical (unpaired) electrons. The van der Waals surface area contributed by atoms with E-state index in [-0.39, 0.29) is 35.9 Å². The van der Waals surface area contributed by atoms with E-state index in [2.05, 4.69) is 19.9 Å². The summed E-state index contributed by atoms with van der Waals surface area (Å²) < 4.78 is 7.18. The van der Waals surface area contributed by atoms with Crippen LogP contribution in [-0.4, -0.2) is 21.4 Å². The first-order valence-electron chi connectivity index (χ1n) is 10.4. The molecule has 0 aliphatic carbocycles. The number of hydrogen-bond acceptors (Lipinski definition) is 4. The minimum atomic E-state index is -0.481. The van der Waals surface area contributed by atoms with Gasteiger partial charge in [-0.3, -0.25) is 9.36 Å². The maximum absolute atomic E-state index is 13.2. The molecule has 0 spiro atoms. The fourth-order valence-electron chi connectivity index (χ4n) is 3.46. The molecule has 0 fully saturated rings. The molecule has 162 valence electrons. The largest absolute Gasteiger partial charge is 0.506 e. The molecule has 0 amide bonds. The molecule has 31 heavy (non-hydrogen) atoms. The maximum atomic E-state index is 13.2. The molecule has 0 bridgehead atoms. The van der Waals surface area contributed by atoms with Gasteiger partial charge in [0.25, 0.3) is 5.56 Å². The van der Waals surface area contributed by atoms with Gasteiger partial charge in [0.2, 0.25) is 5.75 Å². The van der Waals surface area contributed by atoms with E-state index in [1.54, 1.807) is 12.1 Å². The summed E-state index contributed by atoms with van der Waals surface area (Å²) in [6.45, 7) is 6.60. The normalized spacial score (nSPS) is 11.5. The number of pyridine rings is 1. The van der Waals surface area contributed by atoms with Gasteiger partial charge in [-0.05, 0) is 57.4 Å². The summed E-state index contributed by atoms with van der Waals surface area (Å²) in [5.41, 5.74) is 3.15. The lowest BCUT2D eigenvalue weighted by Gasteiger charge is -2.16. The van der Waals surface area contributed by atoms with E-state index < -0.39 is 5.56 Å². The van der Waals surface area contributed by atoms with Crippen LogP contribution in [0, 0.1) is 0 Å². The number of hydrogen-bond donors (Lipinski definition) is 2. The molecule has 0 atom stereocenters. The number of aromatic nitrogens is 1. The Morgan fingerprint density at radius 2 is 1.74 bits per heavy atom.